The van der Waals surface area contributed by atoms with Crippen LogP contribution in [0.4, 0.5) is 18.9 Å². The number of ether oxygens (including phenoxy) is 4. The lowest BCUT2D eigenvalue weighted by molar-refractivity contribution is 0.0959. The van der Waals surface area contributed by atoms with E-state index < -0.39 is 13.1 Å². The summed E-state index contributed by atoms with van der Waals surface area (Å²) in [6.07, 6.45) is 12.3. The molecule has 0 radical (unpaired) electrons. The highest BCUT2D eigenvalue weighted by atomic mass is 35.5. The van der Waals surface area contributed by atoms with Gasteiger partial charge >= 0.3 is 6.14 Å². The highest BCUT2D eigenvalue weighted by molar-refractivity contribution is 7.22. The van der Waals surface area contributed by atoms with Gasteiger partial charge in [-0.05, 0) is 109 Å². The summed E-state index contributed by atoms with van der Waals surface area (Å²) in [6.45, 7) is 6.89. The smallest absolute Gasteiger partial charge is 0.405 e. The number of oxime groups is 1. The Morgan fingerprint density at radius 3 is 1.18 bits per heavy atom. The molecule has 10 heterocycles. The maximum Gasteiger partial charge on any atom is 0.405 e. The molecular weight excluding hydrogens is 1440 g/mol. The first-order chi connectivity index (χ1) is 49.6. The molecule has 0 atom stereocenters. The van der Waals surface area contributed by atoms with Gasteiger partial charge in [-0.3, -0.25) is 44.1 Å². The van der Waals surface area contributed by atoms with E-state index >= 15 is 0 Å². The summed E-state index contributed by atoms with van der Waals surface area (Å²) < 4.78 is 63.5. The predicted molar refractivity (Wildman–Crippen MR) is 390 cm³/mol. The second kappa shape index (κ2) is 37.3. The summed E-state index contributed by atoms with van der Waals surface area (Å²) in [4.78, 5) is 77.5. The lowest BCUT2D eigenvalue weighted by atomic mass is 10.2. The highest BCUT2D eigenvalue weighted by Crippen LogP contribution is 2.39. The fourth-order valence-corrected chi connectivity index (χ4v) is 13.1. The average Bonchev–Trinajstić information content (AvgIpc) is 1.69. The Labute approximate surface area is 604 Å². The lowest BCUT2D eigenvalue weighted by Crippen LogP contribution is -2.19. The van der Waals surface area contributed by atoms with Gasteiger partial charge in [-0.15, -0.1) is 62.1 Å². The van der Waals surface area contributed by atoms with E-state index in [0.29, 0.717) is 82.3 Å². The van der Waals surface area contributed by atoms with E-state index in [-0.39, 0.29) is 47.7 Å². The van der Waals surface area contributed by atoms with Crippen molar-refractivity contribution in [1.29, 1.82) is 0 Å². The Morgan fingerprint density at radius 2 is 0.893 bits per heavy atom. The number of alkyl halides is 2. The molecule has 0 spiro atoms. The molecule has 11 N–H and O–H groups in total. The van der Waals surface area contributed by atoms with Crippen molar-refractivity contribution >= 4 is 139 Å². The third kappa shape index (κ3) is 19.6. The molecule has 0 saturated heterocycles. The predicted octanol–water partition coefficient (Wildman–Crippen LogP) is 13.6. The topological polar surface area (TPSA) is 377 Å². The standard InChI is InChI=1S/C18H16N4O2S.C17H11FN4O3S.C16H14N4O3S.C16H11N3O2S.CH2F2.ClH.H3NO/c1-19-18(23)15-8-13-14(9-20-10-16(13)25-15)24-12-4-2-11(3-5-12)17-21-6-7-22-17;1-19-16(23)13-6-11-12(7-20-8-14(11)26-13)24-10-4-2-9(3-5-10)15-21-17(18)25-22-15;1-18-16(21)13-6-11-12(7-19-8-14(11)24-13)23-10-4-2-9(3-5-10)15(17)20-22;1-17-10-3-5-11(6-4-10)21-13-8-19-9-15-12(13)7-14(22-15)16(20)18-2;2-1-3;;1-2/h2-5,8-10H,6-7H2,1H3,(H,19,23)(H,21,22);2-8H,1H3,(H,19,23);2-8,22H,1H3,(H2,17,20)(H,18,21);3-9H,2H3,(H,18,20);1H2;1H;2H,1H2. The van der Waals surface area contributed by atoms with Crippen molar-refractivity contribution in [3.63, 3.8) is 0 Å². The van der Waals surface area contributed by atoms with E-state index in [1.54, 1.807) is 169 Å². The fraction of sp³-hybridized carbons (Fsp3) is 0.103. The third-order valence-electron chi connectivity index (χ3n) is 13.9. The Bertz CT molecular complexity index is 5170. The molecule has 0 saturated carbocycles. The van der Waals surface area contributed by atoms with Gasteiger partial charge in [0.05, 0.1) is 76.2 Å². The monoisotopic (exact) mass is 1490 g/mol. The van der Waals surface area contributed by atoms with Gasteiger partial charge in [0.1, 0.15) is 28.8 Å². The number of halogens is 4. The summed E-state index contributed by atoms with van der Waals surface area (Å²) in [6, 6.07) is 35.4. The van der Waals surface area contributed by atoms with Crippen LogP contribution in [0.15, 0.2) is 186 Å². The van der Waals surface area contributed by atoms with Gasteiger partial charge in [-0.25, -0.2) is 19.5 Å². The third-order valence-corrected chi connectivity index (χ3v) is 18.2. The Balaban J connectivity index is 0.000000170. The molecule has 1 aliphatic rings. The van der Waals surface area contributed by atoms with Crippen LogP contribution in [-0.4, -0.2) is 124 Å². The molecule has 35 heteroatoms. The van der Waals surface area contributed by atoms with Gasteiger partial charge in [0, 0.05) is 97.8 Å². The van der Waals surface area contributed by atoms with Crippen LogP contribution < -0.4 is 57.2 Å². The number of amidine groups is 2. The molecule has 0 fully saturated rings. The van der Waals surface area contributed by atoms with Crippen LogP contribution in [0.5, 0.6) is 46.0 Å². The van der Waals surface area contributed by atoms with Gasteiger partial charge in [-0.2, -0.15) is 4.98 Å². The number of aliphatic imine (C=N–C) groups is 1. The molecule has 4 amide bonds. The van der Waals surface area contributed by atoms with Crippen molar-refractivity contribution in [3.8, 4) is 57.4 Å². The lowest BCUT2D eigenvalue weighted by Gasteiger charge is -2.08. The number of nitrogens with one attached hydrogen (secondary N) is 5. The molecule has 0 unspecified atom stereocenters. The van der Waals surface area contributed by atoms with Crippen molar-refractivity contribution in [2.45, 2.75) is 0 Å². The van der Waals surface area contributed by atoms with Crippen molar-refractivity contribution in [3.05, 3.63) is 219 Å². The molecule has 27 nitrogen and oxygen atoms in total. The number of benzene rings is 4. The van der Waals surface area contributed by atoms with E-state index in [1.807, 2.05) is 30.3 Å². The van der Waals surface area contributed by atoms with Crippen LogP contribution in [0.1, 0.15) is 49.8 Å². The molecule has 4 aromatic carbocycles. The van der Waals surface area contributed by atoms with Crippen LogP contribution in [0, 0.1) is 12.7 Å². The minimum atomic E-state index is -1.75. The van der Waals surface area contributed by atoms with E-state index in [2.05, 4.69) is 82.1 Å². The van der Waals surface area contributed by atoms with Crippen LogP contribution in [-0.2, 0) is 0 Å². The minimum absolute atomic E-state index is 0. The zero-order valence-electron chi connectivity index (χ0n) is 54.2. The molecule has 14 rings (SSSR count). The van der Waals surface area contributed by atoms with Gasteiger partial charge in [0.15, 0.2) is 34.5 Å². The summed E-state index contributed by atoms with van der Waals surface area (Å²) in [7, 11) is 6.39. The average molecular weight is 1500 g/mol. The quantitative estimate of drug-likeness (QED) is 0.0151. The van der Waals surface area contributed by atoms with Crippen LogP contribution in [0.3, 0.4) is 0 Å². The molecule has 1 aliphatic heterocycles. The summed E-state index contributed by atoms with van der Waals surface area (Å²) >= 11 is 5.45. The second-order valence-electron chi connectivity index (χ2n) is 20.2. The molecule has 528 valence electrons. The summed E-state index contributed by atoms with van der Waals surface area (Å²) in [5, 5.41) is 38.7. The Hall–Kier alpha value is -12.2. The zero-order valence-corrected chi connectivity index (χ0v) is 58.3. The van der Waals surface area contributed by atoms with Crippen LogP contribution in [0.2, 0.25) is 0 Å². The highest BCUT2D eigenvalue weighted by Gasteiger charge is 2.19. The second-order valence-corrected chi connectivity index (χ2v) is 24.5. The van der Waals surface area contributed by atoms with Gasteiger partial charge in [-0.1, -0.05) is 22.4 Å². The summed E-state index contributed by atoms with van der Waals surface area (Å²) in [5.41, 5.74) is 8.30. The number of hydrogen-bond acceptors (Lipinski definition) is 25. The van der Waals surface area contributed by atoms with Gasteiger partial charge in [0.2, 0.25) is 12.8 Å². The number of fused-ring (bicyclic) bond motifs is 4. The normalized spacial score (nSPS) is 11.1. The fourth-order valence-electron chi connectivity index (χ4n) is 9.12. The number of pyridine rings is 4. The van der Waals surface area contributed by atoms with Crippen LogP contribution in [0.25, 0.3) is 56.6 Å². The maximum absolute atomic E-state index is 12.8. The molecular formula is C68H58ClF3N16O11S4. The van der Waals surface area contributed by atoms with E-state index in [4.69, 9.17) is 41.7 Å². The minimum Gasteiger partial charge on any atom is -0.455 e. The maximum atomic E-state index is 12.8. The van der Waals surface area contributed by atoms with Crippen molar-refractivity contribution in [1.82, 2.24) is 56.7 Å². The first-order valence-electron chi connectivity index (χ1n) is 29.6. The SMILES string of the molecule is CNC(=O)c1cc2c(Oc3ccc(-c4noc(F)n4)cc3)cncc2s1.CNC(=O)c1cc2c(Oc3ccc(/C(N)=N/O)cc3)cncc2s1.CNC(=O)c1cc2c(Oc3ccc(C4=NCCN4)cc3)cncc2s1.Cl.FCF.NO.[C-]#[N+]c1ccc(Oc2cncc3sc(C(=O)NC)cc23)cc1. The van der Waals surface area contributed by atoms with Gasteiger partial charge < -0.3 is 66.2 Å². The first-order valence-corrected chi connectivity index (χ1v) is 32.9. The molecule has 0 aliphatic carbocycles. The van der Waals surface area contributed by atoms with Gasteiger partial charge in [0.25, 0.3) is 23.6 Å². The van der Waals surface area contributed by atoms with E-state index in [9.17, 15) is 32.3 Å². The van der Waals surface area contributed by atoms with Crippen molar-refractivity contribution < 1.29 is 66.2 Å². The van der Waals surface area contributed by atoms with E-state index in [0.717, 1.165) is 64.8 Å². The van der Waals surface area contributed by atoms with E-state index in [1.165, 1.54) is 45.3 Å². The van der Waals surface area contributed by atoms with Crippen LogP contribution >= 0.6 is 57.8 Å². The zero-order chi connectivity index (χ0) is 72.7. The number of amides is 4. The number of aromatic nitrogens is 6. The molecule has 0 bridgehead atoms. The molecule has 103 heavy (non-hydrogen) atoms. The van der Waals surface area contributed by atoms with Crippen molar-refractivity contribution in [2.24, 2.45) is 21.8 Å². The number of carbonyl (C=O) groups is 4. The number of hydrogen-bond donors (Lipinski definition) is 9. The summed E-state index contributed by atoms with van der Waals surface area (Å²) in [5.74, 6) is 8.82. The first kappa shape index (κ1) is 76.5. The number of nitrogens with zero attached hydrogens (tertiary/aromatic N) is 9. The number of thiophene rings is 4. The van der Waals surface area contributed by atoms with Crippen molar-refractivity contribution in [2.75, 3.05) is 48.2 Å². The Morgan fingerprint density at radius 1 is 0.563 bits per heavy atom. The Kier molecular flexibility index (Phi) is 27.7. The number of nitrogens with two attached hydrogens (primary N) is 2. The largest absolute Gasteiger partial charge is 0.455 e. The molecule has 13 aromatic rings. The number of rotatable bonds is 15. The molecule has 9 aromatic heterocycles. The number of carbonyl (C=O) groups excluding carboxylic acids is 4.